The van der Waals surface area contributed by atoms with Gasteiger partial charge in [-0.1, -0.05) is 6.92 Å². The lowest BCUT2D eigenvalue weighted by molar-refractivity contribution is 0.223. The van der Waals surface area contributed by atoms with Crippen molar-refractivity contribution in [3.05, 3.63) is 0 Å². The Morgan fingerprint density at radius 1 is 1.42 bits per heavy atom. The molecule has 0 bridgehead atoms. The summed E-state index contributed by atoms with van der Waals surface area (Å²) in [5.41, 5.74) is 6.32. The number of nitrogens with one attached hydrogen (secondary N) is 2. The maximum absolute atomic E-state index is 5.62. The van der Waals surface area contributed by atoms with Crippen LogP contribution in [0.25, 0.3) is 0 Å². The Hall–Kier alpha value is 0.190. The van der Waals surface area contributed by atoms with Crippen LogP contribution in [0, 0.1) is 11.8 Å². The maximum Gasteiger partial charge on any atom is 0.0301 e. The van der Waals surface area contributed by atoms with E-state index in [0.717, 1.165) is 6.42 Å². The van der Waals surface area contributed by atoms with Crippen molar-refractivity contribution in [1.29, 1.82) is 0 Å². The van der Waals surface area contributed by atoms with E-state index in [4.69, 9.17) is 18.5 Å². The molecule has 0 aliphatic carbocycles. The van der Waals surface area contributed by atoms with Gasteiger partial charge in [-0.25, -0.2) is 5.01 Å². The van der Waals surface area contributed by atoms with Gasteiger partial charge in [0.15, 0.2) is 0 Å². The minimum atomic E-state index is -0.0750. The van der Waals surface area contributed by atoms with Crippen LogP contribution >= 0.6 is 12.6 Å². The van der Waals surface area contributed by atoms with E-state index in [1.165, 1.54) is 6.42 Å². The molecule has 5 atom stereocenters. The molecular weight excluding hydrogens is 256 g/mol. The normalized spacial score (nSPS) is 32.5. The molecule has 19 heavy (non-hydrogen) atoms. The molecule has 1 aliphatic rings. The van der Waals surface area contributed by atoms with Gasteiger partial charge in [-0.15, -0.1) is 0 Å². The molecule has 0 aromatic heterocycles. The highest BCUT2D eigenvalue weighted by molar-refractivity contribution is 7.81. The number of nitrogens with zero attached hydrogens (tertiary/aromatic N) is 1. The van der Waals surface area contributed by atoms with Crippen LogP contribution in [-0.2, 0) is 0 Å². The highest BCUT2D eigenvalue weighted by Crippen LogP contribution is 2.31. The van der Waals surface area contributed by atoms with Gasteiger partial charge in [0, 0.05) is 29.9 Å². The third-order valence-corrected chi connectivity index (χ3v) is 5.87. The number of hydrogen-bond acceptors (Lipinski definition) is 5. The van der Waals surface area contributed by atoms with Crippen molar-refractivity contribution >= 4 is 12.6 Å². The van der Waals surface area contributed by atoms with Crippen LogP contribution in [0.1, 0.15) is 47.5 Å². The topological polar surface area (TPSA) is 53.3 Å². The average molecular weight is 289 g/mol. The largest absolute Gasteiger partial charge is 0.271 e. The fraction of sp³-hybridized carbons (Fsp3) is 1.00. The van der Waals surface area contributed by atoms with Gasteiger partial charge in [-0.05, 0) is 52.4 Å². The molecule has 5 heteroatoms. The van der Waals surface area contributed by atoms with Crippen molar-refractivity contribution in [2.45, 2.75) is 70.3 Å². The minimum absolute atomic E-state index is 0.0750. The summed E-state index contributed by atoms with van der Waals surface area (Å²) < 4.78 is 0. The van der Waals surface area contributed by atoms with Crippen molar-refractivity contribution in [3.63, 3.8) is 0 Å². The molecular formula is C14H32N4S. The van der Waals surface area contributed by atoms with Crippen molar-refractivity contribution in [1.82, 2.24) is 15.9 Å². The molecule has 1 fully saturated rings. The number of hydrogen-bond donors (Lipinski definition) is 4. The number of thiol groups is 1. The average Bonchev–Trinajstić information content (AvgIpc) is 2.60. The highest BCUT2D eigenvalue weighted by Gasteiger charge is 2.35. The zero-order valence-corrected chi connectivity index (χ0v) is 14.2. The van der Waals surface area contributed by atoms with Gasteiger partial charge in [0.1, 0.15) is 0 Å². The van der Waals surface area contributed by atoms with Gasteiger partial charge in [0.05, 0.1) is 0 Å². The van der Waals surface area contributed by atoms with Gasteiger partial charge in [0.2, 0.25) is 0 Å². The van der Waals surface area contributed by atoms with Crippen LogP contribution in [0.15, 0.2) is 0 Å². The Balaban J connectivity index is 2.48. The van der Waals surface area contributed by atoms with E-state index < -0.39 is 0 Å². The van der Waals surface area contributed by atoms with Gasteiger partial charge < -0.3 is 0 Å². The monoisotopic (exact) mass is 288 g/mol. The standard InChI is InChI=1S/C14H32N4S/c1-9(14(4,5)17-15)13(19)8-7-12-10(2)16-18(6)11(12)3/h9-13,16-17,19H,7-8,15H2,1-6H3/t9?,10-,11?,12?,13?/m1/s1. The molecule has 4 N–H and O–H groups in total. The molecule has 0 aromatic rings. The van der Waals surface area contributed by atoms with Gasteiger partial charge >= 0.3 is 0 Å². The summed E-state index contributed by atoms with van der Waals surface area (Å²) in [6.45, 7) is 11.1. The van der Waals surface area contributed by atoms with Crippen LogP contribution in [0.4, 0.5) is 0 Å². The Morgan fingerprint density at radius 2 is 2.00 bits per heavy atom. The molecule has 0 spiro atoms. The Morgan fingerprint density at radius 3 is 2.42 bits per heavy atom. The summed E-state index contributed by atoms with van der Waals surface area (Å²) >= 11 is 4.80. The zero-order valence-electron chi connectivity index (χ0n) is 13.3. The third-order valence-electron chi connectivity index (χ3n) is 5.16. The van der Waals surface area contributed by atoms with Gasteiger partial charge in [-0.3, -0.25) is 16.7 Å². The van der Waals surface area contributed by atoms with Gasteiger partial charge in [-0.2, -0.15) is 12.6 Å². The third kappa shape index (κ3) is 4.08. The first-order valence-electron chi connectivity index (χ1n) is 7.35. The summed E-state index contributed by atoms with van der Waals surface area (Å²) in [5.74, 6) is 6.75. The smallest absolute Gasteiger partial charge is 0.0301 e. The van der Waals surface area contributed by atoms with Crippen molar-refractivity contribution in [2.75, 3.05) is 7.05 Å². The molecule has 4 nitrogen and oxygen atoms in total. The molecule has 114 valence electrons. The first-order valence-corrected chi connectivity index (χ1v) is 7.87. The second-order valence-electron chi connectivity index (χ2n) is 6.73. The van der Waals surface area contributed by atoms with Crippen LogP contribution in [0.2, 0.25) is 0 Å². The summed E-state index contributed by atoms with van der Waals surface area (Å²) in [5, 5.41) is 2.61. The van der Waals surface area contributed by atoms with Crippen LogP contribution < -0.4 is 16.7 Å². The summed E-state index contributed by atoms with van der Waals surface area (Å²) in [7, 11) is 2.13. The Kier molecular flexibility index (Phi) is 6.14. The lowest BCUT2D eigenvalue weighted by atomic mass is 9.82. The van der Waals surface area contributed by atoms with E-state index in [0.29, 0.717) is 29.2 Å². The number of rotatable bonds is 6. The van der Waals surface area contributed by atoms with E-state index in [2.05, 4.69) is 57.5 Å². The van der Waals surface area contributed by atoms with Crippen molar-refractivity contribution < 1.29 is 0 Å². The SMILES string of the molecule is CC1C(CCC(S)C(C)C(C)(C)NN)[C@@H](C)NN1C. The molecule has 4 unspecified atom stereocenters. The first kappa shape index (κ1) is 17.2. The van der Waals surface area contributed by atoms with E-state index in [1.807, 2.05) is 0 Å². The van der Waals surface area contributed by atoms with Crippen LogP contribution in [0.3, 0.4) is 0 Å². The molecule has 0 amide bonds. The van der Waals surface area contributed by atoms with E-state index in [9.17, 15) is 0 Å². The number of nitrogens with two attached hydrogens (primary N) is 1. The maximum atomic E-state index is 5.62. The molecule has 0 radical (unpaired) electrons. The fourth-order valence-electron chi connectivity index (χ4n) is 2.96. The van der Waals surface area contributed by atoms with E-state index >= 15 is 0 Å². The minimum Gasteiger partial charge on any atom is -0.271 e. The molecule has 1 aliphatic heterocycles. The van der Waals surface area contributed by atoms with Gasteiger partial charge in [0.25, 0.3) is 0 Å². The summed E-state index contributed by atoms with van der Waals surface area (Å²) in [6.07, 6.45) is 2.34. The van der Waals surface area contributed by atoms with Crippen molar-refractivity contribution in [2.24, 2.45) is 17.7 Å². The van der Waals surface area contributed by atoms with Crippen LogP contribution in [-0.4, -0.2) is 34.9 Å². The zero-order chi connectivity index (χ0) is 14.8. The quantitative estimate of drug-likeness (QED) is 0.342. The van der Waals surface area contributed by atoms with Crippen LogP contribution in [0.5, 0.6) is 0 Å². The summed E-state index contributed by atoms with van der Waals surface area (Å²) in [4.78, 5) is 0. The van der Waals surface area contributed by atoms with E-state index in [1.54, 1.807) is 0 Å². The lowest BCUT2D eigenvalue weighted by Crippen LogP contribution is -2.51. The number of hydrazine groups is 2. The summed E-state index contributed by atoms with van der Waals surface area (Å²) in [6, 6.07) is 1.14. The second-order valence-corrected chi connectivity index (χ2v) is 7.40. The Labute approximate surface area is 124 Å². The first-order chi connectivity index (χ1) is 8.70. The van der Waals surface area contributed by atoms with E-state index in [-0.39, 0.29) is 5.54 Å². The molecule has 1 rings (SSSR count). The Bertz CT molecular complexity index is 285. The van der Waals surface area contributed by atoms with Crippen molar-refractivity contribution in [3.8, 4) is 0 Å². The molecule has 1 heterocycles. The second kappa shape index (κ2) is 6.76. The lowest BCUT2D eigenvalue weighted by Gasteiger charge is -2.35. The predicted octanol–water partition coefficient (Wildman–Crippen LogP) is 1.79. The predicted molar refractivity (Wildman–Crippen MR) is 85.9 cm³/mol. The molecule has 0 saturated carbocycles. The highest BCUT2D eigenvalue weighted by atomic mass is 32.1. The molecule has 0 aromatic carbocycles. The fourth-order valence-corrected chi connectivity index (χ4v) is 3.48. The molecule has 1 saturated heterocycles.